The number of carbonyl (C=O) groups is 9. The summed E-state index contributed by atoms with van der Waals surface area (Å²) in [5, 5.41) is 77.5. The number of β-amino-alcohol motifs (C(OH)–C–C–N with tert-alkyl or cyclic N) is 6. The van der Waals surface area contributed by atoms with Crippen LogP contribution in [-0.4, -0.2) is 291 Å². The van der Waals surface area contributed by atoms with E-state index in [9.17, 15) is 78.9 Å². The summed E-state index contributed by atoms with van der Waals surface area (Å²) >= 11 is 0. The van der Waals surface area contributed by atoms with Crippen molar-refractivity contribution in [1.29, 1.82) is 0 Å². The van der Waals surface area contributed by atoms with E-state index >= 15 is 0 Å². The van der Waals surface area contributed by atoms with Crippen LogP contribution >= 0.6 is 0 Å². The molecule has 11 unspecified atom stereocenters. The molecule has 9 heterocycles. The fraction of sp³-hybridized carbons (Fsp3) is 0.769. The molecule has 0 bridgehead atoms. The fourth-order valence-corrected chi connectivity index (χ4v) is 13.3. The molecule has 9 fully saturated rings. The van der Waals surface area contributed by atoms with Gasteiger partial charge in [0.1, 0.15) is 42.3 Å². The van der Waals surface area contributed by atoms with Crippen molar-refractivity contribution in [1.82, 2.24) is 44.5 Å². The van der Waals surface area contributed by atoms with Gasteiger partial charge in [-0.25, -0.2) is 4.79 Å². The van der Waals surface area contributed by atoms with E-state index in [1.54, 1.807) is 13.3 Å². The minimum absolute atomic E-state index is 0. The zero-order valence-corrected chi connectivity index (χ0v) is 49.4. The predicted octanol–water partition coefficient (Wildman–Crippen LogP) is -5.11. The third kappa shape index (κ3) is 12.7. The number of allylic oxidation sites excluding steroid dienone is 1. The second-order valence-electron chi connectivity index (χ2n) is 22.9. The van der Waals surface area contributed by atoms with Crippen molar-refractivity contribution in [2.45, 2.75) is 176 Å². The van der Waals surface area contributed by atoms with E-state index < -0.39 is 150 Å². The molecule has 0 radical (unpaired) electrons. The van der Waals surface area contributed by atoms with Gasteiger partial charge >= 0.3 is 37.1 Å². The molecule has 9 aliphatic rings. The Kier molecular flexibility index (Phi) is 20.4. The number of hydrogen-bond donors (Lipinski definition) is 8. The molecular formula is C52H77N9O17U. The monoisotopic (exact) mass is 1340 g/mol. The fourth-order valence-electron chi connectivity index (χ4n) is 13.3. The molecule has 17 atom stereocenters. The first-order chi connectivity index (χ1) is 37.0. The first-order valence-electron chi connectivity index (χ1n) is 27.2. The average Bonchev–Trinajstić information content (AvgIpc) is 4.33. The summed E-state index contributed by atoms with van der Waals surface area (Å²) in [5.41, 5.74) is 0. The number of carbonyl (C=O) groups excluding carboxylic acids is 8. The van der Waals surface area contributed by atoms with Gasteiger partial charge in [-0.1, -0.05) is 13.8 Å². The van der Waals surface area contributed by atoms with E-state index in [1.165, 1.54) is 26.7 Å². The van der Waals surface area contributed by atoms with Gasteiger partial charge in [0.15, 0.2) is 0 Å². The predicted molar refractivity (Wildman–Crippen MR) is 269 cm³/mol. The first kappa shape index (κ1) is 62.3. The Morgan fingerprint density at radius 3 is 1.19 bits per heavy atom. The van der Waals surface area contributed by atoms with Crippen LogP contribution in [0.4, 0.5) is 0 Å². The topological polar surface area (TPSA) is 342 Å². The van der Waals surface area contributed by atoms with Crippen LogP contribution in [0.25, 0.3) is 0 Å². The third-order valence-corrected chi connectivity index (χ3v) is 17.3. The summed E-state index contributed by atoms with van der Waals surface area (Å²) in [4.78, 5) is 137. The quantitative estimate of drug-likeness (QED) is 0.0898. The van der Waals surface area contributed by atoms with Crippen LogP contribution < -0.4 is 5.32 Å². The minimum Gasteiger partial charge on any atom is -0.507 e. The molecule has 79 heavy (non-hydrogen) atoms. The van der Waals surface area contributed by atoms with Gasteiger partial charge in [0, 0.05) is 98.0 Å². The number of carboxylic acids is 1. The van der Waals surface area contributed by atoms with E-state index in [0.717, 1.165) is 19.6 Å². The summed E-state index contributed by atoms with van der Waals surface area (Å²) < 4.78 is 5.38. The number of aliphatic hydroxyl groups excluding tert-OH is 6. The van der Waals surface area contributed by atoms with Gasteiger partial charge in [0.25, 0.3) is 0 Å². The standard InChI is InChI=1S/C49H72N9O17.C3H5.U/c1-23(2)24-7-34(43(67)51-6-4-5-33(51)42(66)58-22-31(75-3)14-40(58)49(73)74)52(16-24)44(68)36-10-27(61)18-54(36)46(70)38-12-29(63)20-56(38)48(72)39-13-30(64)21-57(39)47(71)37-11-28(62)19-55(37)45(69)35-9-26(60)17-53(35)41(65)32-8-25(59)15-50-32;1-3-2;/h4,23-40,50,59-64H,5-22H2,1-3H3,(H,73,74);1H2,2H3;/q2*-1;+2/t24?,25?,26?,27?,28?,29?,30?,31?,32-,33-,34-,35?,36?,37?,38-,39-,40-;;/m0../s1. The molecule has 436 valence electrons. The number of hydrogen-bond acceptors (Lipinski definition) is 17. The van der Waals surface area contributed by atoms with Crippen molar-refractivity contribution in [3.63, 3.8) is 0 Å². The molecule has 0 aromatic rings. The smallest absolute Gasteiger partial charge is 0.507 e. The molecule has 8 amide bonds. The second kappa shape index (κ2) is 25.9. The van der Waals surface area contributed by atoms with Gasteiger partial charge in [-0.05, 0) is 24.7 Å². The Morgan fingerprint density at radius 2 is 0.835 bits per heavy atom. The van der Waals surface area contributed by atoms with E-state index in [2.05, 4.69) is 18.0 Å². The number of aliphatic hydroxyl groups is 6. The van der Waals surface area contributed by atoms with Gasteiger partial charge in [-0.3, -0.25) is 44.9 Å². The van der Waals surface area contributed by atoms with Crippen molar-refractivity contribution < 1.29 is 115 Å². The number of methoxy groups -OCH3 is 1. The minimum atomic E-state index is -1.40. The van der Waals surface area contributed by atoms with Gasteiger partial charge in [-0.2, -0.15) is 6.92 Å². The Labute approximate surface area is 482 Å². The van der Waals surface area contributed by atoms with Crippen LogP contribution in [0.15, 0.2) is 6.58 Å². The summed E-state index contributed by atoms with van der Waals surface area (Å²) in [6.45, 7) is 7.74. The van der Waals surface area contributed by atoms with Gasteiger partial charge in [0.2, 0.25) is 47.3 Å². The van der Waals surface area contributed by atoms with Crippen LogP contribution in [0.3, 0.4) is 0 Å². The molecule has 9 rings (SSSR count). The van der Waals surface area contributed by atoms with Gasteiger partial charge in [-0.15, -0.1) is 13.0 Å². The van der Waals surface area contributed by atoms with Crippen molar-refractivity contribution >= 4 is 53.2 Å². The third-order valence-electron chi connectivity index (χ3n) is 17.3. The normalized spacial score (nSPS) is 36.3. The number of nitrogens with zero attached hydrogens (tertiary/aromatic N) is 8. The molecule has 0 saturated carbocycles. The van der Waals surface area contributed by atoms with Crippen LogP contribution in [0.1, 0.15) is 78.6 Å². The van der Waals surface area contributed by atoms with Crippen molar-refractivity contribution in [3.05, 3.63) is 19.1 Å². The second-order valence-corrected chi connectivity index (χ2v) is 22.9. The summed E-state index contributed by atoms with van der Waals surface area (Å²) in [6.07, 6.45) is -3.54. The van der Waals surface area contributed by atoms with Crippen molar-refractivity contribution in [2.24, 2.45) is 11.8 Å². The number of ether oxygens (including phenoxy) is 1. The Bertz CT molecular complexity index is 2340. The molecule has 26 nitrogen and oxygen atoms in total. The molecule has 0 aromatic heterocycles. The van der Waals surface area contributed by atoms with Gasteiger partial charge in [0.05, 0.1) is 54.8 Å². The Hall–Kier alpha value is -4.30. The van der Waals surface area contributed by atoms with E-state index in [1.807, 2.05) is 13.8 Å². The maximum absolute atomic E-state index is 14.9. The van der Waals surface area contributed by atoms with Crippen LogP contribution in [0.2, 0.25) is 0 Å². The Morgan fingerprint density at radius 1 is 0.494 bits per heavy atom. The number of nitrogens with one attached hydrogen (secondary N) is 1. The van der Waals surface area contributed by atoms with Gasteiger partial charge < -0.3 is 97.5 Å². The molecular weight excluding hydrogens is 1260 g/mol. The number of aliphatic carboxylic acids is 1. The summed E-state index contributed by atoms with van der Waals surface area (Å²) in [7, 11) is 1.43. The number of amides is 8. The number of rotatable bonds is 11. The molecule has 0 aromatic carbocycles. The maximum atomic E-state index is 14.9. The van der Waals surface area contributed by atoms with Crippen molar-refractivity contribution in [3.8, 4) is 0 Å². The Balaban J connectivity index is 0.00000221. The molecule has 0 aliphatic carbocycles. The largest absolute Gasteiger partial charge is 2.00 e. The maximum Gasteiger partial charge on any atom is 2.00 e. The molecule has 27 heteroatoms. The summed E-state index contributed by atoms with van der Waals surface area (Å²) in [6, 6.07) is -10.7. The number of likely N-dealkylation sites (tertiary alicyclic amines) is 8. The molecule has 9 aliphatic heterocycles. The zero-order valence-electron chi connectivity index (χ0n) is 45.2. The molecule has 0 spiro atoms. The van der Waals surface area contributed by atoms with E-state index in [4.69, 9.17) is 4.74 Å². The SMILES string of the molecule is C=[C-]C.COC1C[C@@H](C(=O)O)N(C(=O)[C@@H]2C[CH-]CN2C(=O)[C@@H]2CC(C(C)C)CN2C(=O)C2CC(O)CN2C(=O)[C@@H]2CC(O)CN2C(=O)[C@@H]2CC(O)CN2C(=O)C2CC(O)CN2C(=O)C2CC(O)CN2C(=O)[C@@H]2CC(O)CN2)C1.[U+2]. The average molecular weight is 1340 g/mol. The number of carboxylic acid groups (broad SMARTS) is 1. The van der Waals surface area contributed by atoms with E-state index in [0.29, 0.717) is 0 Å². The van der Waals surface area contributed by atoms with Crippen LogP contribution in [0, 0.1) is 55.4 Å². The van der Waals surface area contributed by atoms with Crippen molar-refractivity contribution in [2.75, 3.05) is 66.0 Å². The van der Waals surface area contributed by atoms with E-state index in [-0.39, 0.29) is 160 Å². The van der Waals surface area contributed by atoms with Crippen LogP contribution in [0.5, 0.6) is 0 Å². The first-order valence-corrected chi connectivity index (χ1v) is 27.2. The zero-order chi connectivity index (χ0) is 56.8. The summed E-state index contributed by atoms with van der Waals surface area (Å²) in [5.74, 6) is -6.70. The van der Waals surface area contributed by atoms with Crippen LogP contribution in [-0.2, 0) is 47.9 Å². The molecule has 9 saturated heterocycles. The molecule has 8 N–H and O–H groups in total.